The van der Waals surface area contributed by atoms with Crippen LogP contribution in [0.2, 0.25) is 0 Å². The van der Waals surface area contributed by atoms with Crippen LogP contribution in [0.5, 0.6) is 5.75 Å². The Bertz CT molecular complexity index is 817. The smallest absolute Gasteiger partial charge is 0.264 e. The average Bonchev–Trinajstić information content (AvgIpc) is 2.61. The second-order valence-corrected chi connectivity index (χ2v) is 7.03. The quantitative estimate of drug-likeness (QED) is 0.869. The Labute approximate surface area is 142 Å². The van der Waals surface area contributed by atoms with Gasteiger partial charge in [0.2, 0.25) is 0 Å². The van der Waals surface area contributed by atoms with Crippen molar-refractivity contribution in [1.29, 1.82) is 0 Å². The summed E-state index contributed by atoms with van der Waals surface area (Å²) in [4.78, 5) is 12.1. The number of anilines is 1. The van der Waals surface area contributed by atoms with E-state index in [0.29, 0.717) is 23.5 Å². The molecule has 0 bridgehead atoms. The average molecular weight is 348 g/mol. The summed E-state index contributed by atoms with van der Waals surface area (Å²) < 4.78 is 31.6. The summed E-state index contributed by atoms with van der Waals surface area (Å²) in [5.74, 6) is 0.337. The molecule has 0 spiro atoms. The van der Waals surface area contributed by atoms with Crippen molar-refractivity contribution < 1.29 is 17.9 Å². The molecule has 0 atom stereocenters. The van der Waals surface area contributed by atoms with E-state index < -0.39 is 10.0 Å². The predicted molar refractivity (Wildman–Crippen MR) is 93.0 cm³/mol. The molecule has 0 aliphatic heterocycles. The number of benzene rings is 2. The largest absolute Gasteiger partial charge is 0.497 e. The van der Waals surface area contributed by atoms with Crippen molar-refractivity contribution in [2.45, 2.75) is 11.8 Å². The summed E-state index contributed by atoms with van der Waals surface area (Å²) >= 11 is 0. The van der Waals surface area contributed by atoms with Gasteiger partial charge in [-0.2, -0.15) is 0 Å². The van der Waals surface area contributed by atoms with Crippen molar-refractivity contribution in [2.24, 2.45) is 0 Å². The van der Waals surface area contributed by atoms with E-state index in [2.05, 4.69) is 5.32 Å². The van der Waals surface area contributed by atoms with E-state index in [1.165, 1.54) is 26.3 Å². The zero-order valence-corrected chi connectivity index (χ0v) is 14.6. The summed E-state index contributed by atoms with van der Waals surface area (Å²) in [7, 11) is -0.755. The van der Waals surface area contributed by atoms with E-state index in [4.69, 9.17) is 4.74 Å². The first-order valence-electron chi connectivity index (χ1n) is 7.41. The van der Waals surface area contributed by atoms with Crippen molar-refractivity contribution in [3.05, 3.63) is 54.1 Å². The minimum atomic E-state index is -3.73. The van der Waals surface area contributed by atoms with Crippen LogP contribution in [0.4, 0.5) is 5.69 Å². The summed E-state index contributed by atoms with van der Waals surface area (Å²) in [6.45, 7) is 2.32. The molecule has 7 heteroatoms. The highest BCUT2D eigenvalue weighted by atomic mass is 32.2. The Hall–Kier alpha value is -2.54. The summed E-state index contributed by atoms with van der Waals surface area (Å²) in [6.07, 6.45) is 0. The molecule has 0 aromatic heterocycles. The van der Waals surface area contributed by atoms with Gasteiger partial charge in [-0.05, 0) is 49.4 Å². The van der Waals surface area contributed by atoms with Crippen LogP contribution in [-0.2, 0) is 10.0 Å². The minimum Gasteiger partial charge on any atom is -0.497 e. The normalized spacial score (nSPS) is 11.0. The van der Waals surface area contributed by atoms with E-state index in [-0.39, 0.29) is 10.8 Å². The monoisotopic (exact) mass is 348 g/mol. The fraction of sp³-hybridized carbons (Fsp3) is 0.235. The number of hydrogen-bond donors (Lipinski definition) is 1. The highest BCUT2D eigenvalue weighted by Gasteiger charge is 2.22. The Kier molecular flexibility index (Phi) is 5.46. The van der Waals surface area contributed by atoms with Gasteiger partial charge in [-0.25, -0.2) is 8.42 Å². The third-order valence-electron chi connectivity index (χ3n) is 3.53. The van der Waals surface area contributed by atoms with Gasteiger partial charge >= 0.3 is 0 Å². The first kappa shape index (κ1) is 17.8. The number of nitrogens with one attached hydrogen (secondary N) is 1. The van der Waals surface area contributed by atoms with Gasteiger partial charge in [0.1, 0.15) is 5.75 Å². The van der Waals surface area contributed by atoms with Crippen LogP contribution in [0.3, 0.4) is 0 Å². The van der Waals surface area contributed by atoms with Gasteiger partial charge in [-0.1, -0.05) is 6.07 Å². The van der Waals surface area contributed by atoms with Gasteiger partial charge in [0.05, 0.1) is 17.7 Å². The van der Waals surface area contributed by atoms with E-state index in [1.54, 1.807) is 36.4 Å². The van der Waals surface area contributed by atoms with Crippen molar-refractivity contribution in [3.63, 3.8) is 0 Å². The zero-order chi connectivity index (χ0) is 17.7. The van der Waals surface area contributed by atoms with Gasteiger partial charge < -0.3 is 10.1 Å². The molecule has 0 aliphatic rings. The number of carbonyl (C=O) groups is 1. The highest BCUT2D eigenvalue weighted by Crippen LogP contribution is 2.24. The van der Waals surface area contributed by atoms with Crippen LogP contribution in [0.15, 0.2) is 53.4 Å². The van der Waals surface area contributed by atoms with E-state index in [9.17, 15) is 13.2 Å². The molecule has 0 saturated carbocycles. The number of methoxy groups -OCH3 is 1. The molecule has 1 amide bonds. The van der Waals surface area contributed by atoms with E-state index in [1.807, 2.05) is 6.92 Å². The second-order valence-electron chi connectivity index (χ2n) is 5.06. The molecule has 1 N–H and O–H groups in total. The summed E-state index contributed by atoms with van der Waals surface area (Å²) in [5.41, 5.74) is 0.820. The number of rotatable bonds is 6. The van der Waals surface area contributed by atoms with Gasteiger partial charge in [0.25, 0.3) is 15.9 Å². The highest BCUT2D eigenvalue weighted by molar-refractivity contribution is 7.92. The lowest BCUT2D eigenvalue weighted by molar-refractivity contribution is 0.0956. The Morgan fingerprint density at radius 3 is 2.42 bits per heavy atom. The van der Waals surface area contributed by atoms with Crippen LogP contribution < -0.4 is 14.4 Å². The molecule has 0 unspecified atom stereocenters. The number of hydrogen-bond acceptors (Lipinski definition) is 4. The Morgan fingerprint density at radius 2 is 1.83 bits per heavy atom. The standard InChI is InChI=1S/C17H20N2O4S/c1-4-18-17(20)13-6-5-7-14(12-13)19(2)24(21,22)16-10-8-15(23-3)9-11-16/h5-12H,4H2,1-3H3,(H,18,20). The summed E-state index contributed by atoms with van der Waals surface area (Å²) in [6, 6.07) is 12.6. The van der Waals surface area contributed by atoms with E-state index in [0.717, 1.165) is 4.31 Å². The maximum Gasteiger partial charge on any atom is 0.264 e. The first-order valence-corrected chi connectivity index (χ1v) is 8.85. The van der Waals surface area contributed by atoms with Crippen molar-refractivity contribution in [2.75, 3.05) is 25.0 Å². The van der Waals surface area contributed by atoms with Crippen molar-refractivity contribution in [1.82, 2.24) is 5.32 Å². The minimum absolute atomic E-state index is 0.147. The molecule has 6 nitrogen and oxygen atoms in total. The Balaban J connectivity index is 2.34. The van der Waals surface area contributed by atoms with Crippen LogP contribution in [0, 0.1) is 0 Å². The lowest BCUT2D eigenvalue weighted by Crippen LogP contribution is -2.27. The lowest BCUT2D eigenvalue weighted by atomic mass is 10.2. The number of carbonyl (C=O) groups excluding carboxylic acids is 1. The molecule has 24 heavy (non-hydrogen) atoms. The number of amides is 1. The second kappa shape index (κ2) is 7.35. The molecule has 0 saturated heterocycles. The van der Waals surface area contributed by atoms with Gasteiger partial charge in [0, 0.05) is 19.2 Å². The van der Waals surface area contributed by atoms with Crippen molar-refractivity contribution >= 4 is 21.6 Å². The molecule has 0 radical (unpaired) electrons. The maximum absolute atomic E-state index is 12.7. The van der Waals surface area contributed by atoms with Gasteiger partial charge in [-0.3, -0.25) is 9.10 Å². The lowest BCUT2D eigenvalue weighted by Gasteiger charge is -2.20. The molecule has 2 rings (SSSR count). The summed E-state index contributed by atoms with van der Waals surface area (Å²) in [5, 5.41) is 2.69. The SMILES string of the molecule is CCNC(=O)c1cccc(N(C)S(=O)(=O)c2ccc(OC)cc2)c1. The molecule has 128 valence electrons. The van der Waals surface area contributed by atoms with Gasteiger partial charge in [-0.15, -0.1) is 0 Å². The molecule has 0 aliphatic carbocycles. The molecular formula is C17H20N2O4S. The molecule has 2 aromatic rings. The zero-order valence-electron chi connectivity index (χ0n) is 13.8. The van der Waals surface area contributed by atoms with Crippen LogP contribution >= 0.6 is 0 Å². The fourth-order valence-corrected chi connectivity index (χ4v) is 3.34. The Morgan fingerprint density at radius 1 is 1.17 bits per heavy atom. The maximum atomic E-state index is 12.7. The fourth-order valence-electron chi connectivity index (χ4n) is 2.15. The molecular weight excluding hydrogens is 328 g/mol. The topological polar surface area (TPSA) is 75.7 Å². The van der Waals surface area contributed by atoms with Crippen LogP contribution in [0.25, 0.3) is 0 Å². The van der Waals surface area contributed by atoms with Crippen LogP contribution in [0.1, 0.15) is 17.3 Å². The number of sulfonamides is 1. The third kappa shape index (κ3) is 3.68. The van der Waals surface area contributed by atoms with Crippen molar-refractivity contribution in [3.8, 4) is 5.75 Å². The van der Waals surface area contributed by atoms with Crippen LogP contribution in [-0.4, -0.2) is 35.0 Å². The first-order chi connectivity index (χ1) is 11.4. The van der Waals surface area contributed by atoms with Gasteiger partial charge in [0.15, 0.2) is 0 Å². The molecule has 0 heterocycles. The number of ether oxygens (including phenoxy) is 1. The third-order valence-corrected chi connectivity index (χ3v) is 5.33. The van der Waals surface area contributed by atoms with E-state index >= 15 is 0 Å². The molecule has 0 fully saturated rings. The number of nitrogens with zero attached hydrogens (tertiary/aromatic N) is 1. The predicted octanol–water partition coefficient (Wildman–Crippen LogP) is 2.27. The molecule has 2 aromatic carbocycles.